The normalized spacial score (nSPS) is 14.1. The highest BCUT2D eigenvalue weighted by Crippen LogP contribution is 2.18. The first-order chi connectivity index (χ1) is 14.2. The minimum Gasteiger partial charge on any atom is -0.476 e. The molecule has 1 aliphatic rings. The van der Waals surface area contributed by atoms with Gasteiger partial charge in [-0.25, -0.2) is 14.6 Å². The Bertz CT molecular complexity index is 953. The van der Waals surface area contributed by atoms with Crippen molar-refractivity contribution in [2.24, 2.45) is 5.16 Å². The van der Waals surface area contributed by atoms with Gasteiger partial charge in [0.1, 0.15) is 24.7 Å². The summed E-state index contributed by atoms with van der Waals surface area (Å²) in [5, 5.41) is 17.3. The van der Waals surface area contributed by atoms with Crippen LogP contribution >= 0.6 is 11.3 Å². The van der Waals surface area contributed by atoms with Crippen LogP contribution in [0.5, 0.6) is 0 Å². The number of benzene rings is 1. The first kappa shape index (κ1) is 21.7. The van der Waals surface area contributed by atoms with Crippen LogP contribution < -0.4 is 10.8 Å². The fourth-order valence-electron chi connectivity index (χ4n) is 2.40. The third kappa shape index (κ3) is 5.78. The molecular weight excluding hydrogens is 413 g/mol. The molecule has 3 rings (SSSR count). The fourth-order valence-corrected chi connectivity index (χ4v) is 3.08. The van der Waals surface area contributed by atoms with Crippen LogP contribution in [-0.4, -0.2) is 47.4 Å². The van der Waals surface area contributed by atoms with E-state index in [1.807, 2.05) is 24.3 Å². The lowest BCUT2D eigenvalue weighted by atomic mass is 9.74. The molecule has 0 aliphatic carbocycles. The van der Waals surface area contributed by atoms with Crippen molar-refractivity contribution in [2.45, 2.75) is 33.0 Å². The Balaban J connectivity index is 1.67. The molecule has 0 saturated carbocycles. The number of carbonyl (C=O) groups excluding carboxylic acids is 1. The van der Waals surface area contributed by atoms with E-state index in [-0.39, 0.29) is 24.2 Å². The van der Waals surface area contributed by atoms with Gasteiger partial charge in [0, 0.05) is 5.38 Å². The van der Waals surface area contributed by atoms with Crippen LogP contribution in [0.1, 0.15) is 32.0 Å². The molecule has 2 aromatic rings. The summed E-state index contributed by atoms with van der Waals surface area (Å²) in [6.45, 7) is 5.43. The fraction of sp³-hybridized carbons (Fsp3) is 0.333. The summed E-state index contributed by atoms with van der Waals surface area (Å²) >= 11 is 1.04. The predicted octanol–water partition coefficient (Wildman–Crippen LogP) is 2.20. The summed E-state index contributed by atoms with van der Waals surface area (Å²) in [4.78, 5) is 32.8. The molecule has 1 amide bonds. The second kappa shape index (κ2) is 9.24. The smallest absolute Gasteiger partial charge is 0.476 e. The number of hydrogen-bond donors (Lipinski definition) is 2. The Morgan fingerprint density at radius 3 is 2.70 bits per heavy atom. The van der Waals surface area contributed by atoms with E-state index in [9.17, 15) is 14.7 Å². The number of aliphatic carboxylic acids is 1. The average molecular weight is 433 g/mol. The maximum Gasteiger partial charge on any atom is 0.497 e. The van der Waals surface area contributed by atoms with Crippen LogP contribution in [0.4, 0.5) is 9.93 Å². The molecule has 0 spiro atoms. The number of carboxylic acids is 1. The molecule has 1 aromatic heterocycles. The predicted molar refractivity (Wildman–Crippen MR) is 110 cm³/mol. The molecule has 12 heteroatoms. The number of carboxylic acid groups (broad SMARTS) is 1. The second-order valence-electron chi connectivity index (χ2n) is 7.17. The number of aromatic nitrogens is 1. The number of nitrogens with one attached hydrogen (secondary N) is 1. The molecule has 0 bridgehead atoms. The van der Waals surface area contributed by atoms with Gasteiger partial charge in [0.15, 0.2) is 5.13 Å². The summed E-state index contributed by atoms with van der Waals surface area (Å²) in [7, 11) is -0.465. The minimum atomic E-state index is -1.32. The summed E-state index contributed by atoms with van der Waals surface area (Å²) in [5.41, 5.74) is 0.529. The molecule has 2 heterocycles. The SMILES string of the molecule is CC(C)(C)OC(=O)Nc1nc(/C(=N/OCc2ccccc2B2OCO2)C(=O)O)cs1. The van der Waals surface area contributed by atoms with E-state index in [2.05, 4.69) is 15.5 Å². The molecule has 1 aliphatic heterocycles. The number of hydrogen-bond acceptors (Lipinski definition) is 9. The van der Waals surface area contributed by atoms with Crippen LogP contribution in [0.25, 0.3) is 0 Å². The van der Waals surface area contributed by atoms with Gasteiger partial charge in [-0.3, -0.25) is 5.32 Å². The number of rotatable bonds is 7. The molecule has 30 heavy (non-hydrogen) atoms. The van der Waals surface area contributed by atoms with Crippen molar-refractivity contribution in [3.63, 3.8) is 0 Å². The topological polar surface area (TPSA) is 129 Å². The summed E-state index contributed by atoms with van der Waals surface area (Å²) in [5.74, 6) is -1.32. The highest BCUT2D eigenvalue weighted by atomic mass is 32.1. The van der Waals surface area contributed by atoms with Crippen molar-refractivity contribution in [1.29, 1.82) is 0 Å². The van der Waals surface area contributed by atoms with Crippen molar-refractivity contribution in [3.05, 3.63) is 40.9 Å². The third-order valence-corrected chi connectivity index (χ3v) is 4.44. The number of ether oxygens (including phenoxy) is 1. The van der Waals surface area contributed by atoms with Crippen LogP contribution in [0, 0.1) is 0 Å². The van der Waals surface area contributed by atoms with Crippen molar-refractivity contribution in [3.8, 4) is 0 Å². The van der Waals surface area contributed by atoms with Gasteiger partial charge in [-0.15, -0.1) is 11.3 Å². The number of carbonyl (C=O) groups is 2. The van der Waals surface area contributed by atoms with Crippen LogP contribution in [0.2, 0.25) is 0 Å². The van der Waals surface area contributed by atoms with Gasteiger partial charge in [-0.2, -0.15) is 0 Å². The van der Waals surface area contributed by atoms with Crippen molar-refractivity contribution in [2.75, 3.05) is 12.1 Å². The zero-order chi connectivity index (χ0) is 21.7. The molecule has 1 saturated heterocycles. The molecular formula is C18H20BN3O7S. The Morgan fingerprint density at radius 1 is 1.33 bits per heavy atom. The first-order valence-electron chi connectivity index (χ1n) is 8.93. The van der Waals surface area contributed by atoms with E-state index in [1.165, 1.54) is 5.38 Å². The van der Waals surface area contributed by atoms with E-state index in [0.717, 1.165) is 22.4 Å². The quantitative estimate of drug-likeness (QED) is 0.386. The molecule has 1 aromatic carbocycles. The highest BCUT2D eigenvalue weighted by molar-refractivity contribution is 7.14. The minimum absolute atomic E-state index is 0.0172. The number of amides is 1. The van der Waals surface area contributed by atoms with E-state index < -0.39 is 30.5 Å². The molecule has 1 fully saturated rings. The molecule has 0 atom stereocenters. The second-order valence-corrected chi connectivity index (χ2v) is 8.02. The monoisotopic (exact) mass is 433 g/mol. The number of nitrogens with zero attached hydrogens (tertiary/aromatic N) is 2. The summed E-state index contributed by atoms with van der Waals surface area (Å²) in [6.07, 6.45) is -0.689. The number of oxime groups is 1. The van der Waals surface area contributed by atoms with E-state index in [1.54, 1.807) is 20.8 Å². The maximum absolute atomic E-state index is 11.8. The summed E-state index contributed by atoms with van der Waals surface area (Å²) in [6, 6.07) is 7.30. The van der Waals surface area contributed by atoms with Gasteiger partial charge in [0.2, 0.25) is 5.71 Å². The van der Waals surface area contributed by atoms with Crippen molar-refractivity contribution in [1.82, 2.24) is 4.98 Å². The maximum atomic E-state index is 11.8. The molecule has 0 radical (unpaired) electrons. The first-order valence-corrected chi connectivity index (χ1v) is 9.81. The number of anilines is 1. The Hall–Kier alpha value is -2.96. The van der Waals surface area contributed by atoms with Crippen LogP contribution in [0.15, 0.2) is 34.8 Å². The van der Waals surface area contributed by atoms with Gasteiger partial charge in [0.05, 0.1) is 0 Å². The van der Waals surface area contributed by atoms with E-state index >= 15 is 0 Å². The Kier molecular flexibility index (Phi) is 6.70. The standard InChI is InChI=1S/C18H20BN3O7S/c1-18(2,3)29-17(25)21-16-20-13(9-30-16)14(15(23)24)22-28-8-11-6-4-5-7-12(11)19-26-10-27-19/h4-7,9H,8,10H2,1-3H3,(H,23,24)(H,20,21,25)/b22-14-. The lowest BCUT2D eigenvalue weighted by molar-refractivity contribution is -0.129. The lowest BCUT2D eigenvalue weighted by Gasteiger charge is -2.24. The van der Waals surface area contributed by atoms with Gasteiger partial charge in [-0.05, 0) is 31.8 Å². The van der Waals surface area contributed by atoms with E-state index in [4.69, 9.17) is 18.9 Å². The van der Waals surface area contributed by atoms with Gasteiger partial charge in [0.25, 0.3) is 0 Å². The van der Waals surface area contributed by atoms with Crippen LogP contribution in [-0.2, 0) is 30.3 Å². The van der Waals surface area contributed by atoms with Crippen molar-refractivity contribution < 1.29 is 33.6 Å². The molecule has 158 valence electrons. The Labute approximate surface area is 176 Å². The summed E-state index contributed by atoms with van der Waals surface area (Å²) < 4.78 is 15.7. The van der Waals surface area contributed by atoms with Crippen LogP contribution in [0.3, 0.4) is 0 Å². The van der Waals surface area contributed by atoms with Gasteiger partial charge >= 0.3 is 19.2 Å². The lowest BCUT2D eigenvalue weighted by Crippen LogP contribution is -2.48. The zero-order valence-corrected chi connectivity index (χ0v) is 17.4. The van der Waals surface area contributed by atoms with E-state index in [0.29, 0.717) is 0 Å². The van der Waals surface area contributed by atoms with Crippen molar-refractivity contribution >= 4 is 46.8 Å². The highest BCUT2D eigenvalue weighted by Gasteiger charge is 2.31. The van der Waals surface area contributed by atoms with Gasteiger partial charge < -0.3 is 24.0 Å². The molecule has 10 nitrogen and oxygen atoms in total. The zero-order valence-electron chi connectivity index (χ0n) is 16.6. The Morgan fingerprint density at radius 2 is 2.07 bits per heavy atom. The number of thiazole rings is 1. The molecule has 2 N–H and O–H groups in total. The average Bonchev–Trinajstić information content (AvgIpc) is 3.04. The van der Waals surface area contributed by atoms with Gasteiger partial charge in [-0.1, -0.05) is 29.4 Å². The largest absolute Gasteiger partial charge is 0.497 e. The molecule has 0 unspecified atom stereocenters. The third-order valence-electron chi connectivity index (χ3n) is 3.68.